The topological polar surface area (TPSA) is 75.6 Å². The van der Waals surface area contributed by atoms with Gasteiger partial charge in [0.1, 0.15) is 5.60 Å². The minimum atomic E-state index is -0.854. The second-order valence-corrected chi connectivity index (χ2v) is 6.62. The predicted octanol–water partition coefficient (Wildman–Crippen LogP) is 3.80. The number of anilines is 1. The molecule has 0 bridgehead atoms. The zero-order chi connectivity index (χ0) is 15.8. The van der Waals surface area contributed by atoms with Crippen molar-refractivity contribution in [3.05, 3.63) is 28.8 Å². The second kappa shape index (κ2) is 5.22. The third-order valence-corrected chi connectivity index (χ3v) is 3.64. The molecule has 0 spiro atoms. The van der Waals surface area contributed by atoms with E-state index in [0.29, 0.717) is 29.1 Å². The highest BCUT2D eigenvalue weighted by Gasteiger charge is 2.51. The van der Waals surface area contributed by atoms with Crippen LogP contribution >= 0.6 is 11.6 Å². The maximum Gasteiger partial charge on any atom is 0.412 e. The summed E-state index contributed by atoms with van der Waals surface area (Å²) in [7, 11) is 0. The summed E-state index contributed by atoms with van der Waals surface area (Å²) in [5, 5.41) is 12.2. The molecule has 0 atom stereocenters. The fourth-order valence-electron chi connectivity index (χ4n) is 2.08. The Morgan fingerprint density at radius 3 is 2.43 bits per heavy atom. The minimum absolute atomic E-state index is 0.339. The number of nitrogens with one attached hydrogen (secondary N) is 1. The molecule has 1 aliphatic carbocycles. The number of carbonyl (C=O) groups is 2. The Hall–Kier alpha value is -1.75. The summed E-state index contributed by atoms with van der Waals surface area (Å²) in [6.45, 7) is 5.27. The molecule has 1 aromatic carbocycles. The van der Waals surface area contributed by atoms with E-state index in [1.165, 1.54) is 0 Å². The number of halogens is 1. The molecular weight excluding hydrogens is 294 g/mol. The summed E-state index contributed by atoms with van der Waals surface area (Å²) in [4.78, 5) is 23.1. The molecule has 2 N–H and O–H groups in total. The Morgan fingerprint density at radius 2 is 1.95 bits per heavy atom. The van der Waals surface area contributed by atoms with E-state index in [1.54, 1.807) is 39.0 Å². The van der Waals surface area contributed by atoms with Crippen molar-refractivity contribution in [3.8, 4) is 0 Å². The van der Waals surface area contributed by atoms with Gasteiger partial charge in [-0.3, -0.25) is 10.1 Å². The Bertz CT molecular complexity index is 588. The first kappa shape index (κ1) is 15.6. The van der Waals surface area contributed by atoms with Crippen LogP contribution in [0.2, 0.25) is 5.02 Å². The SMILES string of the molecule is CC(C)(C)OC(=O)Nc1cc(C2(C(=O)O)CC2)ccc1Cl. The summed E-state index contributed by atoms with van der Waals surface area (Å²) in [5.41, 5.74) is -0.455. The monoisotopic (exact) mass is 311 g/mol. The Morgan fingerprint density at radius 1 is 1.33 bits per heavy atom. The van der Waals surface area contributed by atoms with E-state index in [4.69, 9.17) is 16.3 Å². The summed E-state index contributed by atoms with van der Waals surface area (Å²) in [6, 6.07) is 4.88. The minimum Gasteiger partial charge on any atom is -0.481 e. The van der Waals surface area contributed by atoms with Gasteiger partial charge >= 0.3 is 12.1 Å². The van der Waals surface area contributed by atoms with Crippen LogP contribution in [0.15, 0.2) is 18.2 Å². The van der Waals surface area contributed by atoms with Gasteiger partial charge in [0.15, 0.2) is 0 Å². The molecule has 2 rings (SSSR count). The average molecular weight is 312 g/mol. The second-order valence-electron chi connectivity index (χ2n) is 6.21. The zero-order valence-corrected chi connectivity index (χ0v) is 13.0. The van der Waals surface area contributed by atoms with E-state index in [9.17, 15) is 14.7 Å². The molecule has 0 radical (unpaired) electrons. The van der Waals surface area contributed by atoms with Gasteiger partial charge in [0, 0.05) is 0 Å². The number of carbonyl (C=O) groups excluding carboxylic acids is 1. The number of hydrogen-bond acceptors (Lipinski definition) is 3. The number of amides is 1. The molecule has 1 amide bonds. The first-order valence-electron chi connectivity index (χ1n) is 6.67. The van der Waals surface area contributed by atoms with Gasteiger partial charge in [0.2, 0.25) is 0 Å². The lowest BCUT2D eigenvalue weighted by molar-refractivity contribution is -0.140. The van der Waals surface area contributed by atoms with Crippen molar-refractivity contribution in [2.24, 2.45) is 0 Å². The van der Waals surface area contributed by atoms with Crippen molar-refractivity contribution in [2.75, 3.05) is 5.32 Å². The predicted molar refractivity (Wildman–Crippen MR) is 79.9 cm³/mol. The molecule has 1 fully saturated rings. The van der Waals surface area contributed by atoms with E-state index in [1.807, 2.05) is 0 Å². The van der Waals surface area contributed by atoms with Gasteiger partial charge in [0.25, 0.3) is 0 Å². The highest BCUT2D eigenvalue weighted by molar-refractivity contribution is 6.33. The number of benzene rings is 1. The van der Waals surface area contributed by atoms with Crippen molar-refractivity contribution in [1.82, 2.24) is 0 Å². The third-order valence-electron chi connectivity index (χ3n) is 3.31. The van der Waals surface area contributed by atoms with Crippen LogP contribution in [0.1, 0.15) is 39.2 Å². The van der Waals surface area contributed by atoms with E-state index >= 15 is 0 Å². The fourth-order valence-corrected chi connectivity index (χ4v) is 2.25. The molecule has 1 aromatic rings. The molecular formula is C15H18ClNO4. The number of hydrogen-bond donors (Lipinski definition) is 2. The van der Waals surface area contributed by atoms with Crippen LogP contribution in [-0.2, 0) is 14.9 Å². The smallest absolute Gasteiger partial charge is 0.412 e. The fraction of sp³-hybridized carbons (Fsp3) is 0.467. The summed E-state index contributed by atoms with van der Waals surface area (Å²) in [5.74, 6) is -0.854. The first-order chi connectivity index (χ1) is 9.64. The molecule has 0 saturated heterocycles. The van der Waals surface area contributed by atoms with Crippen LogP contribution in [0.4, 0.5) is 10.5 Å². The van der Waals surface area contributed by atoms with Crippen molar-refractivity contribution < 1.29 is 19.4 Å². The summed E-state index contributed by atoms with van der Waals surface area (Å²) < 4.78 is 5.16. The lowest BCUT2D eigenvalue weighted by Gasteiger charge is -2.20. The standard InChI is InChI=1S/C15H18ClNO4/c1-14(2,3)21-13(20)17-11-8-9(4-5-10(11)16)15(6-7-15)12(18)19/h4-5,8H,6-7H2,1-3H3,(H,17,20)(H,18,19). The van der Waals surface area contributed by atoms with Crippen LogP contribution in [0.25, 0.3) is 0 Å². The number of ether oxygens (including phenoxy) is 1. The molecule has 0 aliphatic heterocycles. The molecule has 114 valence electrons. The average Bonchev–Trinajstić information content (AvgIpc) is 3.10. The van der Waals surface area contributed by atoms with Crippen molar-refractivity contribution >= 4 is 29.4 Å². The molecule has 0 aromatic heterocycles. The third kappa shape index (κ3) is 3.47. The normalized spacial score (nSPS) is 16.2. The number of rotatable bonds is 3. The maximum atomic E-state index is 11.8. The largest absolute Gasteiger partial charge is 0.481 e. The van der Waals surface area contributed by atoms with E-state index < -0.39 is 23.1 Å². The molecule has 21 heavy (non-hydrogen) atoms. The van der Waals surface area contributed by atoms with Crippen molar-refractivity contribution in [1.29, 1.82) is 0 Å². The lowest BCUT2D eigenvalue weighted by atomic mass is 9.96. The highest BCUT2D eigenvalue weighted by atomic mass is 35.5. The highest BCUT2D eigenvalue weighted by Crippen LogP contribution is 2.49. The van der Waals surface area contributed by atoms with E-state index in [0.717, 1.165) is 0 Å². The van der Waals surface area contributed by atoms with Gasteiger partial charge in [-0.15, -0.1) is 0 Å². The van der Waals surface area contributed by atoms with Gasteiger partial charge in [-0.25, -0.2) is 4.79 Å². The maximum absolute atomic E-state index is 11.8. The Balaban J connectivity index is 2.21. The van der Waals surface area contributed by atoms with Gasteiger partial charge in [-0.05, 0) is 51.3 Å². The molecule has 6 heteroatoms. The zero-order valence-electron chi connectivity index (χ0n) is 12.2. The number of carboxylic acid groups (broad SMARTS) is 1. The quantitative estimate of drug-likeness (QED) is 0.890. The van der Waals surface area contributed by atoms with Crippen molar-refractivity contribution in [2.45, 2.75) is 44.6 Å². The van der Waals surface area contributed by atoms with Crippen LogP contribution < -0.4 is 5.32 Å². The molecule has 1 saturated carbocycles. The Kier molecular flexibility index (Phi) is 3.89. The molecule has 1 aliphatic rings. The van der Waals surface area contributed by atoms with Crippen LogP contribution in [0.3, 0.4) is 0 Å². The number of carboxylic acids is 1. The van der Waals surface area contributed by atoms with E-state index in [2.05, 4.69) is 5.32 Å². The van der Waals surface area contributed by atoms with Crippen LogP contribution in [0, 0.1) is 0 Å². The van der Waals surface area contributed by atoms with Crippen molar-refractivity contribution in [3.63, 3.8) is 0 Å². The van der Waals surface area contributed by atoms with Crippen LogP contribution in [0.5, 0.6) is 0 Å². The Labute approximate surface area is 128 Å². The lowest BCUT2D eigenvalue weighted by Crippen LogP contribution is -2.27. The van der Waals surface area contributed by atoms with Crippen LogP contribution in [-0.4, -0.2) is 22.8 Å². The summed E-state index contributed by atoms with van der Waals surface area (Å²) in [6.07, 6.45) is 0.563. The van der Waals surface area contributed by atoms with Gasteiger partial charge in [0.05, 0.1) is 16.1 Å². The molecule has 5 nitrogen and oxygen atoms in total. The molecule has 0 heterocycles. The van der Waals surface area contributed by atoms with Gasteiger partial charge < -0.3 is 9.84 Å². The van der Waals surface area contributed by atoms with Gasteiger partial charge in [-0.2, -0.15) is 0 Å². The summed E-state index contributed by atoms with van der Waals surface area (Å²) >= 11 is 6.04. The number of aliphatic carboxylic acids is 1. The molecule has 0 unspecified atom stereocenters. The van der Waals surface area contributed by atoms with E-state index in [-0.39, 0.29) is 0 Å². The van der Waals surface area contributed by atoms with Gasteiger partial charge in [-0.1, -0.05) is 17.7 Å². The first-order valence-corrected chi connectivity index (χ1v) is 7.05.